The van der Waals surface area contributed by atoms with Gasteiger partial charge in [0.05, 0.1) is 0 Å². The Balaban J connectivity index is 2.42. The van der Waals surface area contributed by atoms with E-state index in [1.165, 1.54) is 0 Å². The third kappa shape index (κ3) is 5.80. The molecule has 1 heterocycles. The first-order chi connectivity index (χ1) is 9.19. The fourth-order valence-electron chi connectivity index (χ4n) is 2.17. The standard InChI is InChI=1S/C15H28N2O3/c1-11(2)13(18)16-9-12-7-6-8-17(10-12)14(19)20-15(3,4)5/h11-12H,6-10H2,1-5H3,(H,16,18). The van der Waals surface area contributed by atoms with Crippen molar-refractivity contribution in [2.24, 2.45) is 11.8 Å². The Bertz CT molecular complexity index is 348. The lowest BCUT2D eigenvalue weighted by atomic mass is 9.98. The van der Waals surface area contributed by atoms with Crippen LogP contribution in [-0.2, 0) is 9.53 Å². The van der Waals surface area contributed by atoms with Crippen LogP contribution in [0.5, 0.6) is 0 Å². The van der Waals surface area contributed by atoms with Crippen LogP contribution in [0.4, 0.5) is 4.79 Å². The van der Waals surface area contributed by atoms with E-state index in [4.69, 9.17) is 4.74 Å². The summed E-state index contributed by atoms with van der Waals surface area (Å²) in [6.07, 6.45) is 1.75. The van der Waals surface area contributed by atoms with Gasteiger partial charge in [-0.2, -0.15) is 0 Å². The summed E-state index contributed by atoms with van der Waals surface area (Å²) in [6, 6.07) is 0. The van der Waals surface area contributed by atoms with Gasteiger partial charge in [0.25, 0.3) is 0 Å². The van der Waals surface area contributed by atoms with Crippen LogP contribution in [0.15, 0.2) is 0 Å². The summed E-state index contributed by atoms with van der Waals surface area (Å²) in [6.45, 7) is 11.4. The highest BCUT2D eigenvalue weighted by molar-refractivity contribution is 5.77. The lowest BCUT2D eigenvalue weighted by Gasteiger charge is -2.34. The number of nitrogens with zero attached hydrogens (tertiary/aromatic N) is 1. The summed E-state index contributed by atoms with van der Waals surface area (Å²) in [4.78, 5) is 25.3. The monoisotopic (exact) mass is 284 g/mol. The second kappa shape index (κ2) is 6.95. The highest BCUT2D eigenvalue weighted by atomic mass is 16.6. The molecule has 0 aromatic rings. The summed E-state index contributed by atoms with van der Waals surface area (Å²) in [7, 11) is 0. The maximum Gasteiger partial charge on any atom is 0.410 e. The van der Waals surface area contributed by atoms with Crippen LogP contribution in [0.2, 0.25) is 0 Å². The molecule has 5 nitrogen and oxygen atoms in total. The smallest absolute Gasteiger partial charge is 0.410 e. The van der Waals surface area contributed by atoms with E-state index in [2.05, 4.69) is 5.32 Å². The minimum absolute atomic E-state index is 0.000509. The Labute approximate surface area is 122 Å². The van der Waals surface area contributed by atoms with Gasteiger partial charge in [0.15, 0.2) is 0 Å². The Morgan fingerprint density at radius 3 is 2.55 bits per heavy atom. The van der Waals surface area contributed by atoms with Gasteiger partial charge < -0.3 is 15.0 Å². The second-order valence-electron chi connectivity index (χ2n) is 6.83. The predicted octanol–water partition coefficient (Wildman–Crippen LogP) is 2.41. The van der Waals surface area contributed by atoms with Crippen LogP contribution in [0.1, 0.15) is 47.5 Å². The van der Waals surface area contributed by atoms with Crippen molar-refractivity contribution in [3.63, 3.8) is 0 Å². The number of amides is 2. The van der Waals surface area contributed by atoms with Crippen LogP contribution >= 0.6 is 0 Å². The van der Waals surface area contributed by atoms with E-state index in [0.717, 1.165) is 19.4 Å². The van der Waals surface area contributed by atoms with Crippen molar-refractivity contribution in [3.8, 4) is 0 Å². The summed E-state index contributed by atoms with van der Waals surface area (Å²) in [5.74, 6) is 0.388. The van der Waals surface area contributed by atoms with Crippen LogP contribution in [0, 0.1) is 11.8 Å². The molecule has 1 unspecified atom stereocenters. The van der Waals surface area contributed by atoms with Gasteiger partial charge in [0, 0.05) is 25.6 Å². The van der Waals surface area contributed by atoms with Gasteiger partial charge in [-0.15, -0.1) is 0 Å². The van der Waals surface area contributed by atoms with E-state index in [9.17, 15) is 9.59 Å². The molecule has 5 heteroatoms. The summed E-state index contributed by atoms with van der Waals surface area (Å²) >= 11 is 0. The maximum atomic E-state index is 12.0. The lowest BCUT2D eigenvalue weighted by molar-refractivity contribution is -0.124. The molecular formula is C15H28N2O3. The average Bonchev–Trinajstić information content (AvgIpc) is 2.34. The van der Waals surface area contributed by atoms with Gasteiger partial charge in [0.1, 0.15) is 5.60 Å². The van der Waals surface area contributed by atoms with Gasteiger partial charge in [-0.25, -0.2) is 4.79 Å². The fraction of sp³-hybridized carbons (Fsp3) is 0.867. The van der Waals surface area contributed by atoms with E-state index in [1.54, 1.807) is 4.90 Å². The van der Waals surface area contributed by atoms with Crippen molar-refractivity contribution in [1.29, 1.82) is 0 Å². The molecule has 1 aliphatic rings. The minimum atomic E-state index is -0.462. The van der Waals surface area contributed by atoms with Crippen molar-refractivity contribution in [2.75, 3.05) is 19.6 Å². The number of rotatable bonds is 3. The molecule has 116 valence electrons. The van der Waals surface area contributed by atoms with E-state index in [1.807, 2.05) is 34.6 Å². The largest absolute Gasteiger partial charge is 0.444 e. The molecule has 1 atom stereocenters. The predicted molar refractivity (Wildman–Crippen MR) is 78.4 cm³/mol. The van der Waals surface area contributed by atoms with Crippen molar-refractivity contribution in [1.82, 2.24) is 10.2 Å². The molecule has 0 bridgehead atoms. The summed E-state index contributed by atoms with van der Waals surface area (Å²) in [5, 5.41) is 2.94. The molecule has 0 aromatic heterocycles. The summed E-state index contributed by atoms with van der Waals surface area (Å²) < 4.78 is 5.39. The van der Waals surface area contributed by atoms with Gasteiger partial charge in [0.2, 0.25) is 5.91 Å². The molecule has 0 saturated carbocycles. The van der Waals surface area contributed by atoms with Crippen LogP contribution in [-0.4, -0.2) is 42.1 Å². The van der Waals surface area contributed by atoms with Crippen molar-refractivity contribution < 1.29 is 14.3 Å². The van der Waals surface area contributed by atoms with Gasteiger partial charge in [-0.05, 0) is 39.5 Å². The first-order valence-corrected chi connectivity index (χ1v) is 7.44. The average molecular weight is 284 g/mol. The number of ether oxygens (including phenoxy) is 1. The first-order valence-electron chi connectivity index (χ1n) is 7.44. The molecule has 0 aromatic carbocycles. The maximum absolute atomic E-state index is 12.0. The lowest BCUT2D eigenvalue weighted by Crippen LogP contribution is -2.45. The Kier molecular flexibility index (Phi) is 5.84. The third-order valence-corrected chi connectivity index (χ3v) is 3.26. The first kappa shape index (κ1) is 16.8. The van der Waals surface area contributed by atoms with E-state index in [0.29, 0.717) is 19.0 Å². The normalized spacial score (nSPS) is 19.9. The van der Waals surface area contributed by atoms with Gasteiger partial charge in [-0.1, -0.05) is 13.8 Å². The van der Waals surface area contributed by atoms with Crippen LogP contribution < -0.4 is 5.32 Å². The minimum Gasteiger partial charge on any atom is -0.444 e. The SMILES string of the molecule is CC(C)C(=O)NCC1CCCN(C(=O)OC(C)(C)C)C1. The zero-order valence-electron chi connectivity index (χ0n) is 13.4. The number of carbonyl (C=O) groups excluding carboxylic acids is 2. The molecule has 2 amide bonds. The van der Waals surface area contributed by atoms with Gasteiger partial charge in [-0.3, -0.25) is 4.79 Å². The topological polar surface area (TPSA) is 58.6 Å². The quantitative estimate of drug-likeness (QED) is 0.865. The van der Waals surface area contributed by atoms with Crippen molar-refractivity contribution in [3.05, 3.63) is 0 Å². The third-order valence-electron chi connectivity index (χ3n) is 3.26. The molecule has 1 rings (SSSR count). The zero-order valence-corrected chi connectivity index (χ0v) is 13.4. The molecule has 1 saturated heterocycles. The van der Waals surface area contributed by atoms with Crippen LogP contribution in [0.3, 0.4) is 0 Å². The van der Waals surface area contributed by atoms with E-state index in [-0.39, 0.29) is 17.9 Å². The second-order valence-corrected chi connectivity index (χ2v) is 6.83. The summed E-state index contributed by atoms with van der Waals surface area (Å²) in [5.41, 5.74) is -0.462. The number of nitrogens with one attached hydrogen (secondary N) is 1. The number of hydrogen-bond donors (Lipinski definition) is 1. The van der Waals surface area contributed by atoms with E-state index < -0.39 is 5.60 Å². The zero-order chi connectivity index (χ0) is 15.3. The number of carbonyl (C=O) groups is 2. The van der Waals surface area contributed by atoms with Crippen molar-refractivity contribution in [2.45, 2.75) is 53.1 Å². The highest BCUT2D eigenvalue weighted by Gasteiger charge is 2.27. The van der Waals surface area contributed by atoms with Crippen LogP contribution in [0.25, 0.3) is 0 Å². The Hall–Kier alpha value is -1.26. The molecule has 1 aliphatic heterocycles. The molecule has 0 spiro atoms. The molecule has 1 fully saturated rings. The fourth-order valence-corrected chi connectivity index (χ4v) is 2.17. The number of piperidine rings is 1. The molecule has 20 heavy (non-hydrogen) atoms. The highest BCUT2D eigenvalue weighted by Crippen LogP contribution is 2.18. The molecule has 0 radical (unpaired) electrons. The number of likely N-dealkylation sites (tertiary alicyclic amines) is 1. The number of hydrogen-bond acceptors (Lipinski definition) is 3. The Morgan fingerprint density at radius 1 is 1.35 bits per heavy atom. The van der Waals surface area contributed by atoms with Gasteiger partial charge >= 0.3 is 6.09 Å². The Morgan fingerprint density at radius 2 is 2.00 bits per heavy atom. The van der Waals surface area contributed by atoms with Crippen molar-refractivity contribution >= 4 is 12.0 Å². The molecular weight excluding hydrogens is 256 g/mol. The molecule has 0 aliphatic carbocycles. The van der Waals surface area contributed by atoms with E-state index >= 15 is 0 Å². The molecule has 1 N–H and O–H groups in total.